The highest BCUT2D eigenvalue weighted by Gasteiger charge is 2.61. The van der Waals surface area contributed by atoms with Crippen LogP contribution in [0.1, 0.15) is 18.4 Å². The van der Waals surface area contributed by atoms with E-state index >= 15 is 0 Å². The van der Waals surface area contributed by atoms with E-state index in [2.05, 4.69) is 0 Å². The molecule has 1 aliphatic heterocycles. The van der Waals surface area contributed by atoms with E-state index in [-0.39, 0.29) is 17.1 Å². The molecule has 0 saturated heterocycles. The fourth-order valence-corrected chi connectivity index (χ4v) is 2.72. The normalized spacial score (nSPS) is 30.7. The Bertz CT molecular complexity index is 471. The van der Waals surface area contributed by atoms with Gasteiger partial charge in [-0.25, -0.2) is 4.39 Å². The summed E-state index contributed by atoms with van der Waals surface area (Å²) in [6, 6.07) is 4.73. The standard InChI is InChI=1S/C12H11FO3/c13-9-3-1-2-7-10(9)16-5-4-12(7)6-8(12)11(14)15/h1-3,8H,4-6H2,(H,14,15). The van der Waals surface area contributed by atoms with Crippen molar-refractivity contribution in [3.8, 4) is 5.75 Å². The predicted molar refractivity (Wildman–Crippen MR) is 53.9 cm³/mol. The SMILES string of the molecule is O=C(O)C1CC12CCOc1c(F)cccc12. The molecule has 0 bridgehead atoms. The molecule has 0 radical (unpaired) electrons. The van der Waals surface area contributed by atoms with Gasteiger partial charge in [-0.15, -0.1) is 0 Å². The minimum atomic E-state index is -0.794. The Kier molecular flexibility index (Phi) is 1.79. The molecule has 1 saturated carbocycles. The molecular weight excluding hydrogens is 211 g/mol. The van der Waals surface area contributed by atoms with Crippen LogP contribution in [-0.4, -0.2) is 17.7 Å². The van der Waals surface area contributed by atoms with E-state index in [9.17, 15) is 9.18 Å². The molecule has 2 atom stereocenters. The molecule has 0 amide bonds. The second kappa shape index (κ2) is 2.97. The second-order valence-electron chi connectivity index (χ2n) is 4.47. The lowest BCUT2D eigenvalue weighted by atomic mass is 9.87. The van der Waals surface area contributed by atoms with Gasteiger partial charge in [-0.1, -0.05) is 12.1 Å². The summed E-state index contributed by atoms with van der Waals surface area (Å²) in [7, 11) is 0. The number of ether oxygens (including phenoxy) is 1. The molecule has 0 aromatic heterocycles. The highest BCUT2D eigenvalue weighted by Crippen LogP contribution is 2.60. The van der Waals surface area contributed by atoms with Crippen LogP contribution in [0.2, 0.25) is 0 Å². The van der Waals surface area contributed by atoms with E-state index in [4.69, 9.17) is 9.84 Å². The number of para-hydroxylation sites is 1. The maximum Gasteiger partial charge on any atom is 0.307 e. The summed E-state index contributed by atoms with van der Waals surface area (Å²) in [5.74, 6) is -1.32. The Morgan fingerprint density at radius 1 is 1.56 bits per heavy atom. The van der Waals surface area contributed by atoms with Gasteiger partial charge in [0.15, 0.2) is 11.6 Å². The third kappa shape index (κ3) is 1.10. The van der Waals surface area contributed by atoms with Crippen molar-refractivity contribution in [2.75, 3.05) is 6.61 Å². The topological polar surface area (TPSA) is 46.5 Å². The maximum absolute atomic E-state index is 13.5. The van der Waals surface area contributed by atoms with Gasteiger partial charge in [-0.2, -0.15) is 0 Å². The summed E-state index contributed by atoms with van der Waals surface area (Å²) >= 11 is 0. The van der Waals surface area contributed by atoms with Crippen LogP contribution in [0.15, 0.2) is 18.2 Å². The first-order valence-electron chi connectivity index (χ1n) is 5.30. The van der Waals surface area contributed by atoms with Gasteiger partial charge in [0.1, 0.15) is 0 Å². The number of carbonyl (C=O) groups is 1. The second-order valence-corrected chi connectivity index (χ2v) is 4.47. The minimum absolute atomic E-state index is 0.248. The predicted octanol–water partition coefficient (Wildman–Crippen LogP) is 1.95. The number of hydrogen-bond acceptors (Lipinski definition) is 2. The van der Waals surface area contributed by atoms with Crippen LogP contribution in [0, 0.1) is 11.7 Å². The van der Waals surface area contributed by atoms with E-state index in [0.717, 1.165) is 5.56 Å². The molecule has 16 heavy (non-hydrogen) atoms. The third-order valence-corrected chi connectivity index (χ3v) is 3.67. The van der Waals surface area contributed by atoms with Crippen LogP contribution in [0.4, 0.5) is 4.39 Å². The van der Waals surface area contributed by atoms with Crippen molar-refractivity contribution in [2.24, 2.45) is 5.92 Å². The van der Waals surface area contributed by atoms with Crippen LogP contribution in [0.3, 0.4) is 0 Å². The monoisotopic (exact) mass is 222 g/mol. The lowest BCUT2D eigenvalue weighted by Crippen LogP contribution is -2.24. The fourth-order valence-electron chi connectivity index (χ4n) is 2.72. The molecule has 1 aromatic carbocycles. The van der Waals surface area contributed by atoms with Crippen molar-refractivity contribution in [2.45, 2.75) is 18.3 Å². The van der Waals surface area contributed by atoms with E-state index < -0.39 is 11.8 Å². The molecule has 3 nitrogen and oxygen atoms in total. The summed E-state index contributed by atoms with van der Waals surface area (Å²) in [6.45, 7) is 0.401. The van der Waals surface area contributed by atoms with Crippen molar-refractivity contribution < 1.29 is 19.0 Å². The lowest BCUT2D eigenvalue weighted by Gasteiger charge is -2.26. The molecule has 2 aliphatic rings. The molecule has 1 aliphatic carbocycles. The Balaban J connectivity index is 2.09. The molecule has 4 heteroatoms. The van der Waals surface area contributed by atoms with Crippen LogP contribution in [0.25, 0.3) is 0 Å². The highest BCUT2D eigenvalue weighted by atomic mass is 19.1. The zero-order valence-corrected chi connectivity index (χ0v) is 8.57. The van der Waals surface area contributed by atoms with Gasteiger partial charge in [-0.3, -0.25) is 4.79 Å². The van der Waals surface area contributed by atoms with Gasteiger partial charge < -0.3 is 9.84 Å². The van der Waals surface area contributed by atoms with Gasteiger partial charge in [0.05, 0.1) is 12.5 Å². The van der Waals surface area contributed by atoms with Crippen LogP contribution < -0.4 is 4.74 Å². The first-order valence-corrected chi connectivity index (χ1v) is 5.30. The highest BCUT2D eigenvalue weighted by molar-refractivity contribution is 5.78. The zero-order valence-electron chi connectivity index (χ0n) is 8.57. The number of hydrogen-bond donors (Lipinski definition) is 1. The maximum atomic E-state index is 13.5. The summed E-state index contributed by atoms with van der Waals surface area (Å²) in [5.41, 5.74) is 0.354. The molecule has 1 N–H and O–H groups in total. The summed E-state index contributed by atoms with van der Waals surface area (Å²) < 4.78 is 18.8. The molecule has 1 aromatic rings. The Hall–Kier alpha value is -1.58. The van der Waals surface area contributed by atoms with Crippen molar-refractivity contribution in [1.29, 1.82) is 0 Å². The first kappa shape index (κ1) is 9.63. The van der Waals surface area contributed by atoms with Crippen molar-refractivity contribution >= 4 is 5.97 Å². The Morgan fingerprint density at radius 2 is 2.38 bits per heavy atom. The summed E-state index contributed by atoms with van der Waals surface area (Å²) in [5, 5.41) is 9.03. The molecule has 1 spiro atoms. The number of carboxylic acid groups (broad SMARTS) is 1. The number of fused-ring (bicyclic) bond motifs is 2. The molecule has 1 heterocycles. The van der Waals surface area contributed by atoms with Gasteiger partial charge >= 0.3 is 5.97 Å². The van der Waals surface area contributed by atoms with Gasteiger partial charge in [0, 0.05) is 11.0 Å². The van der Waals surface area contributed by atoms with Crippen molar-refractivity contribution in [3.05, 3.63) is 29.6 Å². The van der Waals surface area contributed by atoms with Crippen molar-refractivity contribution in [3.63, 3.8) is 0 Å². The Morgan fingerprint density at radius 3 is 3.06 bits per heavy atom. The van der Waals surface area contributed by atoms with Crippen LogP contribution >= 0.6 is 0 Å². The number of carboxylic acids is 1. The fraction of sp³-hybridized carbons (Fsp3) is 0.417. The number of benzene rings is 1. The van der Waals surface area contributed by atoms with E-state index in [1.54, 1.807) is 12.1 Å². The smallest absolute Gasteiger partial charge is 0.307 e. The molecule has 2 unspecified atom stereocenters. The number of rotatable bonds is 1. The Labute approximate surface area is 91.8 Å². The van der Waals surface area contributed by atoms with Gasteiger partial charge in [-0.05, 0) is 18.9 Å². The quantitative estimate of drug-likeness (QED) is 0.790. The molecule has 3 rings (SSSR count). The van der Waals surface area contributed by atoms with E-state index in [0.29, 0.717) is 19.4 Å². The third-order valence-electron chi connectivity index (χ3n) is 3.67. The number of aliphatic carboxylic acids is 1. The zero-order chi connectivity index (χ0) is 11.3. The number of halogens is 1. The van der Waals surface area contributed by atoms with Crippen molar-refractivity contribution in [1.82, 2.24) is 0 Å². The molecule has 1 fully saturated rings. The average Bonchev–Trinajstić information content (AvgIpc) is 2.96. The van der Waals surface area contributed by atoms with E-state index in [1.165, 1.54) is 6.07 Å². The van der Waals surface area contributed by atoms with Crippen LogP contribution in [0.5, 0.6) is 5.75 Å². The van der Waals surface area contributed by atoms with Gasteiger partial charge in [0.25, 0.3) is 0 Å². The summed E-state index contributed by atoms with van der Waals surface area (Å²) in [6.07, 6.45) is 1.27. The molecule has 84 valence electrons. The van der Waals surface area contributed by atoms with Gasteiger partial charge in [0.2, 0.25) is 0 Å². The minimum Gasteiger partial charge on any atom is -0.490 e. The van der Waals surface area contributed by atoms with Crippen LogP contribution in [-0.2, 0) is 10.2 Å². The first-order chi connectivity index (χ1) is 7.65. The largest absolute Gasteiger partial charge is 0.490 e. The van der Waals surface area contributed by atoms with E-state index in [1.807, 2.05) is 0 Å². The molecular formula is C12H11FO3. The average molecular weight is 222 g/mol. The lowest BCUT2D eigenvalue weighted by molar-refractivity contribution is -0.139. The summed E-state index contributed by atoms with van der Waals surface area (Å²) in [4.78, 5) is 11.0.